The molecule has 152 valence electrons. The first-order valence-electron chi connectivity index (χ1n) is 10.1. The largest absolute Gasteiger partial charge is 0.497 e. The minimum Gasteiger partial charge on any atom is -0.497 e. The molecule has 3 aliphatic rings. The predicted molar refractivity (Wildman–Crippen MR) is 124 cm³/mol. The molecule has 6 nitrogen and oxygen atoms in total. The predicted octanol–water partition coefficient (Wildman–Crippen LogP) is 5.14. The number of hydrogen-bond donors (Lipinski definition) is 1. The normalized spacial score (nSPS) is 13.2. The van der Waals surface area contributed by atoms with E-state index in [2.05, 4.69) is 40.3 Å². The van der Waals surface area contributed by atoms with E-state index in [0.717, 1.165) is 61.7 Å². The number of nitrogens with zero attached hydrogens (tertiary/aromatic N) is 3. The van der Waals surface area contributed by atoms with Gasteiger partial charge in [0.2, 0.25) is 0 Å². The van der Waals surface area contributed by atoms with E-state index in [-0.39, 0.29) is 0 Å². The topological polar surface area (TPSA) is 60.7 Å². The number of rotatable bonds is 3. The van der Waals surface area contributed by atoms with Crippen LogP contribution in [0.3, 0.4) is 0 Å². The lowest BCUT2D eigenvalue weighted by Crippen LogP contribution is -2.23. The van der Waals surface area contributed by atoms with Crippen LogP contribution in [0.15, 0.2) is 71.8 Å². The van der Waals surface area contributed by atoms with E-state index in [4.69, 9.17) is 19.6 Å². The third-order valence-corrected chi connectivity index (χ3v) is 5.93. The van der Waals surface area contributed by atoms with Crippen molar-refractivity contribution in [3.8, 4) is 22.9 Å². The number of aromatic nitrogens is 2. The van der Waals surface area contributed by atoms with Gasteiger partial charge in [-0.15, -0.1) is 0 Å². The highest BCUT2D eigenvalue weighted by atomic mass is 16.5. The lowest BCUT2D eigenvalue weighted by molar-refractivity contribution is 0.415. The Kier molecular flexibility index (Phi) is 3.86. The molecular formula is C25H20N4O2. The number of methoxy groups -OCH3 is 2. The zero-order valence-corrected chi connectivity index (χ0v) is 17.2. The summed E-state index contributed by atoms with van der Waals surface area (Å²) in [7, 11) is 3.36. The van der Waals surface area contributed by atoms with Gasteiger partial charge < -0.3 is 14.0 Å². The average molecular weight is 408 g/mol. The highest BCUT2D eigenvalue weighted by Crippen LogP contribution is 2.43. The van der Waals surface area contributed by atoms with Crippen LogP contribution in [-0.2, 0) is 6.54 Å². The Morgan fingerprint density at radius 1 is 0.839 bits per heavy atom. The van der Waals surface area contributed by atoms with Crippen LogP contribution in [0.5, 0.6) is 11.5 Å². The van der Waals surface area contributed by atoms with Crippen LogP contribution in [0, 0.1) is 0 Å². The summed E-state index contributed by atoms with van der Waals surface area (Å²) in [6.07, 6.45) is 0. The van der Waals surface area contributed by atoms with Gasteiger partial charge in [-0.1, -0.05) is 24.3 Å². The van der Waals surface area contributed by atoms with Crippen molar-refractivity contribution in [1.29, 1.82) is 0 Å². The van der Waals surface area contributed by atoms with Crippen LogP contribution in [-0.4, -0.2) is 29.5 Å². The lowest BCUT2D eigenvalue weighted by Gasteiger charge is -2.25. The van der Waals surface area contributed by atoms with Crippen molar-refractivity contribution in [2.75, 3.05) is 19.6 Å². The summed E-state index contributed by atoms with van der Waals surface area (Å²) >= 11 is 0. The molecule has 1 N–H and O–H groups in total. The molecule has 3 aromatic carbocycles. The Balaban J connectivity index is 1.58. The van der Waals surface area contributed by atoms with E-state index in [0.29, 0.717) is 6.54 Å². The van der Waals surface area contributed by atoms with Gasteiger partial charge in [-0.05, 0) is 53.4 Å². The Hall–Kier alpha value is -4.06. The Labute approximate surface area is 179 Å². The molecule has 3 heterocycles. The van der Waals surface area contributed by atoms with Crippen molar-refractivity contribution in [2.24, 2.45) is 5.10 Å². The summed E-state index contributed by atoms with van der Waals surface area (Å²) in [5, 5.41) is 8.05. The molecule has 0 aromatic heterocycles. The number of nitrogens with one attached hydrogen (secondary N) is 1. The van der Waals surface area contributed by atoms with E-state index in [1.54, 1.807) is 14.2 Å². The van der Waals surface area contributed by atoms with Crippen LogP contribution >= 0.6 is 0 Å². The molecular weight excluding hydrogens is 388 g/mol. The molecule has 0 aliphatic carbocycles. The van der Waals surface area contributed by atoms with Crippen LogP contribution in [0.2, 0.25) is 0 Å². The van der Waals surface area contributed by atoms with Crippen molar-refractivity contribution >= 4 is 33.2 Å². The van der Waals surface area contributed by atoms with E-state index in [1.807, 2.05) is 36.4 Å². The number of anilines is 1. The van der Waals surface area contributed by atoms with Crippen LogP contribution in [0.25, 0.3) is 33.1 Å². The molecule has 0 amide bonds. The molecule has 0 saturated carbocycles. The fraction of sp³-hybridized carbons (Fsp3) is 0.120. The van der Waals surface area contributed by atoms with Gasteiger partial charge in [0.25, 0.3) is 0 Å². The second kappa shape index (κ2) is 6.74. The lowest BCUT2D eigenvalue weighted by atomic mass is 10.0. The van der Waals surface area contributed by atoms with Gasteiger partial charge in [-0.25, -0.2) is 4.98 Å². The first kappa shape index (κ1) is 17.8. The Bertz CT molecular complexity index is 1450. The molecule has 0 radical (unpaired) electrons. The molecule has 6 heteroatoms. The Morgan fingerprint density at radius 2 is 1.58 bits per heavy atom. The van der Waals surface area contributed by atoms with Gasteiger partial charge in [0.1, 0.15) is 23.1 Å². The minimum absolute atomic E-state index is 0.621. The molecule has 0 bridgehead atoms. The summed E-state index contributed by atoms with van der Waals surface area (Å²) in [5.41, 5.74) is 7.37. The Morgan fingerprint density at radius 3 is 2.35 bits per heavy atom. The molecule has 0 fully saturated rings. The molecule has 6 rings (SSSR count). The highest BCUT2D eigenvalue weighted by molar-refractivity contribution is 6.14. The average Bonchev–Trinajstić information content (AvgIpc) is 3.23. The van der Waals surface area contributed by atoms with Crippen molar-refractivity contribution in [1.82, 2.24) is 9.55 Å². The molecule has 0 spiro atoms. The number of hydrogen-bond acceptors (Lipinski definition) is 5. The summed E-state index contributed by atoms with van der Waals surface area (Å²) in [4.78, 5) is 5.00. The number of fused-ring (bicyclic) bond motifs is 8. The van der Waals surface area contributed by atoms with Crippen LogP contribution < -0.4 is 14.9 Å². The van der Waals surface area contributed by atoms with Crippen molar-refractivity contribution in [2.45, 2.75) is 6.54 Å². The van der Waals surface area contributed by atoms with Crippen LogP contribution in [0.4, 0.5) is 5.82 Å². The SMILES string of the molecule is COc1ccc(C2=NNc3c4ccccc4c4c5cc(OC)ccc5nc-4n3C2)cc1. The number of ether oxygens (including phenoxy) is 2. The second-order valence-electron chi connectivity index (χ2n) is 7.57. The molecule has 0 atom stereocenters. The maximum absolute atomic E-state index is 5.48. The maximum atomic E-state index is 5.48. The third kappa shape index (κ3) is 2.65. The molecule has 31 heavy (non-hydrogen) atoms. The standard InChI is InChI=1S/C25H20N4O2/c1-30-16-9-7-15(8-10-16)22-14-29-24(28-27-22)19-6-4-3-5-18(19)23-20-13-17(31-2)11-12-21(20)26-25(23)29/h3-13,28H,14H2,1-2H3. The monoisotopic (exact) mass is 408 g/mol. The minimum atomic E-state index is 0.621. The third-order valence-electron chi connectivity index (χ3n) is 5.93. The second-order valence-corrected chi connectivity index (χ2v) is 7.57. The van der Waals surface area contributed by atoms with Crippen molar-refractivity contribution < 1.29 is 9.47 Å². The fourth-order valence-corrected chi connectivity index (χ4v) is 4.37. The number of hydrazone groups is 1. The number of pyridine rings is 1. The van der Waals surface area contributed by atoms with Gasteiger partial charge in [0.15, 0.2) is 0 Å². The van der Waals surface area contributed by atoms with Crippen LogP contribution in [0.1, 0.15) is 5.56 Å². The van der Waals surface area contributed by atoms with Gasteiger partial charge in [0.05, 0.1) is 32.0 Å². The smallest absolute Gasteiger partial charge is 0.143 e. The number of benzene rings is 3. The zero-order valence-electron chi connectivity index (χ0n) is 17.2. The first-order chi connectivity index (χ1) is 15.3. The van der Waals surface area contributed by atoms with Gasteiger partial charge in [-0.3, -0.25) is 5.43 Å². The molecule has 0 saturated heterocycles. The van der Waals surface area contributed by atoms with Gasteiger partial charge in [0, 0.05) is 16.3 Å². The van der Waals surface area contributed by atoms with Crippen molar-refractivity contribution in [3.05, 3.63) is 72.3 Å². The quantitative estimate of drug-likeness (QED) is 0.449. The molecule has 3 aliphatic heterocycles. The highest BCUT2D eigenvalue weighted by Gasteiger charge is 2.26. The summed E-state index contributed by atoms with van der Waals surface area (Å²) in [5.74, 6) is 3.54. The van der Waals surface area contributed by atoms with Crippen molar-refractivity contribution in [3.63, 3.8) is 0 Å². The van der Waals surface area contributed by atoms with E-state index in [1.165, 1.54) is 0 Å². The van der Waals surface area contributed by atoms with E-state index < -0.39 is 0 Å². The fourth-order valence-electron chi connectivity index (χ4n) is 4.37. The molecule has 0 unspecified atom stereocenters. The van der Waals surface area contributed by atoms with E-state index >= 15 is 0 Å². The maximum Gasteiger partial charge on any atom is 0.143 e. The summed E-state index contributed by atoms with van der Waals surface area (Å²) in [6, 6.07) is 22.4. The van der Waals surface area contributed by atoms with E-state index in [9.17, 15) is 0 Å². The van der Waals surface area contributed by atoms with Gasteiger partial charge >= 0.3 is 0 Å². The van der Waals surface area contributed by atoms with Gasteiger partial charge in [-0.2, -0.15) is 5.10 Å². The first-order valence-corrected chi connectivity index (χ1v) is 10.1. The summed E-state index contributed by atoms with van der Waals surface area (Å²) in [6.45, 7) is 0.621. The summed E-state index contributed by atoms with van der Waals surface area (Å²) < 4.78 is 13.0. The zero-order chi connectivity index (χ0) is 20.9. The molecule has 3 aromatic rings.